The van der Waals surface area contributed by atoms with Crippen LogP contribution in [0.4, 0.5) is 4.79 Å². The van der Waals surface area contributed by atoms with Gasteiger partial charge >= 0.3 is 12.1 Å². The molecule has 4 aliphatic rings. The topological polar surface area (TPSA) is 176 Å². The second-order valence-electron chi connectivity index (χ2n) is 14.2. The molecule has 2 saturated heterocycles. The van der Waals surface area contributed by atoms with E-state index in [1.807, 2.05) is 19.0 Å². The fourth-order valence-corrected chi connectivity index (χ4v) is 6.77. The fraction of sp³-hybridized carbons (Fsp3) is 0.629. The Hall–Kier alpha value is -3.56. The van der Waals surface area contributed by atoms with E-state index in [0.29, 0.717) is 18.7 Å². The maximum absolute atomic E-state index is 14.2. The number of hydrogen-bond acceptors (Lipinski definition) is 12. The lowest BCUT2D eigenvalue weighted by Gasteiger charge is -2.42. The molecule has 0 aromatic carbocycles. The zero-order valence-corrected chi connectivity index (χ0v) is 30.9. The Bertz CT molecular complexity index is 1540. The molecule has 1 aliphatic carbocycles. The molecule has 3 aliphatic heterocycles. The van der Waals surface area contributed by atoms with Crippen LogP contribution in [0.5, 0.6) is 0 Å². The molecular formula is C35H49ClN4O10. The van der Waals surface area contributed by atoms with E-state index in [4.69, 9.17) is 30.5 Å². The summed E-state index contributed by atoms with van der Waals surface area (Å²) in [6.07, 6.45) is -0.0969. The maximum atomic E-state index is 14.2. The Morgan fingerprint density at radius 3 is 2.54 bits per heavy atom. The number of epoxide rings is 1. The third-order valence-electron chi connectivity index (χ3n) is 9.61. The largest absolute Gasteiger partial charge is 0.458 e. The van der Waals surface area contributed by atoms with Crippen molar-refractivity contribution < 1.29 is 48.0 Å². The lowest BCUT2D eigenvalue weighted by atomic mass is 9.83. The van der Waals surface area contributed by atoms with Crippen LogP contribution >= 0.6 is 11.6 Å². The van der Waals surface area contributed by atoms with Gasteiger partial charge in [0.15, 0.2) is 5.72 Å². The lowest BCUT2D eigenvalue weighted by molar-refractivity contribution is -0.158. The van der Waals surface area contributed by atoms with Crippen LogP contribution in [0.25, 0.3) is 0 Å². The van der Waals surface area contributed by atoms with E-state index in [1.165, 1.54) is 14.2 Å². The number of aliphatic hydroxyl groups is 1. The van der Waals surface area contributed by atoms with Crippen LogP contribution in [-0.4, -0.2) is 122 Å². The first kappa shape index (κ1) is 39.2. The number of likely N-dealkylation sites (N-methyl/N-ethyl adjacent to an activating group) is 2. The number of allylic oxidation sites excluding steroid dienone is 5. The standard InChI is InChI=1S/C35H49ClN4O10/c1-18(2)32(44)49-24-16-25(41)40(8)28-26(36)30(43)27(37-13-14-39(6)7)21(29(28)42)15-19(3)11-10-12-23(47-9)35(46)17-22(48-33(45)38-35)20(4)31-34(24,5)50-31/h10-12,18,20,22-24,31,37,46H,13-17H2,1-9H3,(H,38,45)/b12-10+,19-11+. The minimum atomic E-state index is -1.87. The number of carbonyl (C=O) groups excluding carboxylic acids is 5. The van der Waals surface area contributed by atoms with Gasteiger partial charge in [0.2, 0.25) is 17.5 Å². The van der Waals surface area contributed by atoms with Crippen LogP contribution in [0, 0.1) is 11.8 Å². The van der Waals surface area contributed by atoms with Crippen LogP contribution in [0.1, 0.15) is 53.9 Å². The zero-order chi connectivity index (χ0) is 37.3. The summed E-state index contributed by atoms with van der Waals surface area (Å²) in [5.74, 6) is -3.53. The molecule has 0 saturated carbocycles. The van der Waals surface area contributed by atoms with Crippen LogP contribution in [0.3, 0.4) is 0 Å². The van der Waals surface area contributed by atoms with Crippen LogP contribution in [0.15, 0.2) is 45.8 Å². The highest BCUT2D eigenvalue weighted by molar-refractivity contribution is 6.49. The van der Waals surface area contributed by atoms with E-state index < -0.39 is 88.6 Å². The number of nitrogens with one attached hydrogen (secondary N) is 2. The summed E-state index contributed by atoms with van der Waals surface area (Å²) in [5.41, 5.74) is -2.56. The summed E-state index contributed by atoms with van der Waals surface area (Å²) in [6.45, 7) is 9.41. The number of ether oxygens (including phenoxy) is 4. The van der Waals surface area contributed by atoms with Gasteiger partial charge in [-0.25, -0.2) is 4.79 Å². The van der Waals surface area contributed by atoms with Gasteiger partial charge in [-0.2, -0.15) is 0 Å². The normalized spacial score (nSPS) is 34.2. The first-order valence-corrected chi connectivity index (χ1v) is 17.1. The van der Waals surface area contributed by atoms with Gasteiger partial charge in [-0.05, 0) is 34.4 Å². The zero-order valence-electron chi connectivity index (χ0n) is 30.1. The van der Waals surface area contributed by atoms with Crippen molar-refractivity contribution in [3.63, 3.8) is 0 Å². The predicted molar refractivity (Wildman–Crippen MR) is 182 cm³/mol. The van der Waals surface area contributed by atoms with E-state index in [1.54, 1.807) is 52.8 Å². The number of esters is 1. The number of carbonyl (C=O) groups is 5. The molecule has 7 atom stereocenters. The molecule has 15 heteroatoms. The first-order valence-electron chi connectivity index (χ1n) is 16.7. The molecule has 0 spiro atoms. The highest BCUT2D eigenvalue weighted by atomic mass is 35.5. The molecule has 0 radical (unpaired) electrons. The highest BCUT2D eigenvalue weighted by Gasteiger charge is 2.64. The maximum Gasteiger partial charge on any atom is 0.409 e. The molecular weight excluding hydrogens is 672 g/mol. The van der Waals surface area contributed by atoms with Crippen molar-refractivity contribution in [3.05, 3.63) is 45.8 Å². The number of ketones is 2. The number of halogens is 1. The van der Waals surface area contributed by atoms with Gasteiger partial charge in [-0.3, -0.25) is 24.5 Å². The molecule has 14 nitrogen and oxygen atoms in total. The van der Waals surface area contributed by atoms with Gasteiger partial charge < -0.3 is 39.2 Å². The second kappa shape index (κ2) is 15.4. The van der Waals surface area contributed by atoms with Gasteiger partial charge in [0.1, 0.15) is 34.6 Å². The van der Waals surface area contributed by atoms with Crippen molar-refractivity contribution in [1.29, 1.82) is 0 Å². The molecule has 0 aromatic rings. The number of rotatable bonds is 7. The number of nitrogens with zero attached hydrogens (tertiary/aromatic N) is 2. The Labute approximate surface area is 297 Å². The first-order chi connectivity index (χ1) is 23.3. The fourth-order valence-electron chi connectivity index (χ4n) is 6.47. The summed E-state index contributed by atoms with van der Waals surface area (Å²) in [7, 11) is 6.47. The van der Waals surface area contributed by atoms with Crippen LogP contribution in [-0.2, 0) is 38.1 Å². The van der Waals surface area contributed by atoms with Crippen molar-refractivity contribution in [2.75, 3.05) is 41.3 Å². The average molecular weight is 721 g/mol. The molecule has 2 amide bonds. The second-order valence-corrected chi connectivity index (χ2v) is 14.5. The molecule has 7 unspecified atom stereocenters. The van der Waals surface area contributed by atoms with E-state index in [2.05, 4.69) is 10.6 Å². The molecule has 3 N–H and O–H groups in total. The third kappa shape index (κ3) is 8.15. The van der Waals surface area contributed by atoms with E-state index in [0.717, 1.165) is 4.90 Å². The smallest absolute Gasteiger partial charge is 0.409 e. The van der Waals surface area contributed by atoms with Gasteiger partial charge in [-0.15, -0.1) is 0 Å². The minimum absolute atomic E-state index is 0.0171. The SMILES string of the molecule is COC1/C=C/C=C(\C)CC2=C(NCCN(C)C)C(=O)C(Cl)=C(C2=O)N(C)C(=O)CC(OC(=O)C(C)C)C2(C)OC2C(C)C2CC1(O)NC(=O)O2. The molecule has 3 heterocycles. The third-order valence-corrected chi connectivity index (χ3v) is 9.96. The summed E-state index contributed by atoms with van der Waals surface area (Å²) in [6, 6.07) is 0. The Kier molecular flexibility index (Phi) is 12.0. The minimum Gasteiger partial charge on any atom is -0.458 e. The van der Waals surface area contributed by atoms with E-state index in [-0.39, 0.29) is 29.8 Å². The Morgan fingerprint density at radius 2 is 1.92 bits per heavy atom. The van der Waals surface area contributed by atoms with Crippen LogP contribution in [0.2, 0.25) is 0 Å². The van der Waals surface area contributed by atoms with Crippen molar-refractivity contribution >= 4 is 41.1 Å². The van der Waals surface area contributed by atoms with Gasteiger partial charge in [0, 0.05) is 45.2 Å². The number of amides is 2. The van der Waals surface area contributed by atoms with E-state index in [9.17, 15) is 29.1 Å². The monoisotopic (exact) mass is 720 g/mol. The van der Waals surface area contributed by atoms with Crippen molar-refractivity contribution in [3.8, 4) is 0 Å². The summed E-state index contributed by atoms with van der Waals surface area (Å²) in [5, 5.41) is 16.8. The molecule has 2 fully saturated rings. The summed E-state index contributed by atoms with van der Waals surface area (Å²) >= 11 is 6.58. The molecule has 0 aromatic heterocycles. The van der Waals surface area contributed by atoms with Crippen molar-refractivity contribution in [1.82, 2.24) is 20.4 Å². The lowest BCUT2D eigenvalue weighted by Crippen LogP contribution is -2.63. The molecule has 4 rings (SSSR count). The molecule has 4 bridgehead atoms. The average Bonchev–Trinajstić information content (AvgIpc) is 3.73. The Balaban J connectivity index is 1.82. The predicted octanol–water partition coefficient (Wildman–Crippen LogP) is 2.31. The van der Waals surface area contributed by atoms with Crippen molar-refractivity contribution in [2.45, 2.75) is 89.6 Å². The summed E-state index contributed by atoms with van der Waals surface area (Å²) in [4.78, 5) is 70.5. The highest BCUT2D eigenvalue weighted by Crippen LogP contribution is 2.49. The van der Waals surface area contributed by atoms with Crippen molar-refractivity contribution in [2.24, 2.45) is 11.8 Å². The number of methoxy groups -OCH3 is 1. The Morgan fingerprint density at radius 1 is 1.24 bits per heavy atom. The van der Waals surface area contributed by atoms with Gasteiger partial charge in [-0.1, -0.05) is 56.2 Å². The quantitative estimate of drug-likeness (QED) is 0.199. The molecule has 50 heavy (non-hydrogen) atoms. The van der Waals surface area contributed by atoms with Crippen LogP contribution < -0.4 is 10.6 Å². The van der Waals surface area contributed by atoms with Gasteiger partial charge in [0.25, 0.3) is 0 Å². The summed E-state index contributed by atoms with van der Waals surface area (Å²) < 4.78 is 23.2. The van der Waals surface area contributed by atoms with E-state index >= 15 is 0 Å². The number of Topliss-reactive ketones (excluding diaryl/α,β-unsaturated/α-hetero) is 2. The van der Waals surface area contributed by atoms with Gasteiger partial charge in [0.05, 0.1) is 24.1 Å². The number of alkyl carbamates (subject to hydrolysis) is 1. The number of fused-ring (bicyclic) bond motifs is 5. The molecule has 276 valence electrons. The number of hydrogen-bond donors (Lipinski definition) is 3.